The molecule has 2 aromatic rings. The van der Waals surface area contributed by atoms with Gasteiger partial charge in [0.05, 0.1) is 5.69 Å². The molecule has 0 fully saturated rings. The van der Waals surface area contributed by atoms with E-state index < -0.39 is 5.97 Å². The highest BCUT2D eigenvalue weighted by atomic mass is 32.2. The maximum atomic E-state index is 10.7. The molecule has 0 atom stereocenters. The summed E-state index contributed by atoms with van der Waals surface area (Å²) >= 11 is 2.71. The summed E-state index contributed by atoms with van der Waals surface area (Å²) in [6, 6.07) is 5.86. The molecule has 18 heavy (non-hydrogen) atoms. The second-order valence-electron chi connectivity index (χ2n) is 3.78. The minimum atomic E-state index is -0.980. The Hall–Kier alpha value is -1.53. The highest BCUT2D eigenvalue weighted by Gasteiger charge is 2.09. The molecule has 0 radical (unpaired) electrons. The third-order valence-electron chi connectivity index (χ3n) is 2.28. The third-order valence-corrected chi connectivity index (χ3v) is 4.26. The number of nitrogens with two attached hydrogens (primary N) is 1. The fourth-order valence-corrected chi connectivity index (χ4v) is 3.10. The van der Waals surface area contributed by atoms with E-state index in [-0.39, 0.29) is 5.01 Å². The van der Waals surface area contributed by atoms with Crippen molar-refractivity contribution < 1.29 is 9.90 Å². The van der Waals surface area contributed by atoms with Gasteiger partial charge in [0, 0.05) is 21.7 Å². The summed E-state index contributed by atoms with van der Waals surface area (Å²) in [5.41, 5.74) is 8.53. The number of hydrogen-bond donors (Lipinski definition) is 2. The molecule has 0 saturated heterocycles. The maximum Gasteiger partial charge on any atom is 0.365 e. The van der Waals surface area contributed by atoms with Crippen LogP contribution in [0.25, 0.3) is 0 Å². The van der Waals surface area contributed by atoms with Crippen molar-refractivity contribution >= 4 is 34.8 Å². The number of aryl methyl sites for hydroxylation is 1. The van der Waals surface area contributed by atoms with E-state index in [0.29, 0.717) is 5.75 Å². The van der Waals surface area contributed by atoms with E-state index in [9.17, 15) is 4.79 Å². The Balaban J connectivity index is 2.06. The Labute approximate surface area is 113 Å². The Morgan fingerprint density at radius 3 is 3.00 bits per heavy atom. The lowest BCUT2D eigenvalue weighted by atomic mass is 10.2. The second-order valence-corrected chi connectivity index (χ2v) is 5.65. The average molecular weight is 280 g/mol. The number of thioether (sulfide) groups is 1. The summed E-state index contributed by atoms with van der Waals surface area (Å²) in [4.78, 5) is 15.7. The van der Waals surface area contributed by atoms with E-state index in [1.54, 1.807) is 17.1 Å². The quantitative estimate of drug-likeness (QED) is 0.665. The number of benzene rings is 1. The lowest BCUT2D eigenvalue weighted by molar-refractivity contribution is 0.0696. The normalized spacial score (nSPS) is 10.5. The summed E-state index contributed by atoms with van der Waals surface area (Å²) < 4.78 is 0. The summed E-state index contributed by atoms with van der Waals surface area (Å²) in [6.45, 7) is 2.01. The first-order valence-corrected chi connectivity index (χ1v) is 7.09. The van der Waals surface area contributed by atoms with E-state index in [1.165, 1.54) is 0 Å². The maximum absolute atomic E-state index is 10.7. The molecule has 0 spiro atoms. The minimum absolute atomic E-state index is 0.128. The number of nitrogens with zero attached hydrogens (tertiary/aromatic N) is 1. The van der Waals surface area contributed by atoms with Gasteiger partial charge in [0.15, 0.2) is 0 Å². The van der Waals surface area contributed by atoms with E-state index in [1.807, 2.05) is 25.1 Å². The van der Waals surface area contributed by atoms with Gasteiger partial charge in [-0.25, -0.2) is 9.78 Å². The molecular formula is C12H12N2O2S2. The van der Waals surface area contributed by atoms with E-state index in [2.05, 4.69) is 4.98 Å². The first-order valence-electron chi connectivity index (χ1n) is 5.23. The molecule has 0 aliphatic rings. The highest BCUT2D eigenvalue weighted by Crippen LogP contribution is 2.29. The molecule has 6 heteroatoms. The molecule has 94 valence electrons. The van der Waals surface area contributed by atoms with E-state index in [4.69, 9.17) is 10.8 Å². The zero-order valence-electron chi connectivity index (χ0n) is 9.71. The molecule has 0 saturated carbocycles. The molecule has 0 aliphatic heterocycles. The standard InChI is InChI=1S/C12H12N2O2S2/c1-7-2-3-9(13)10(4-7)17-5-8-6-18-11(14-8)12(15)16/h2-4,6H,5,13H2,1H3,(H,15,16). The number of thiazole rings is 1. The molecule has 0 bridgehead atoms. The highest BCUT2D eigenvalue weighted by molar-refractivity contribution is 7.98. The summed E-state index contributed by atoms with van der Waals surface area (Å²) in [7, 11) is 0. The first-order chi connectivity index (χ1) is 8.56. The lowest BCUT2D eigenvalue weighted by Crippen LogP contribution is -1.95. The number of carboxylic acids is 1. The van der Waals surface area contributed by atoms with E-state index in [0.717, 1.165) is 33.2 Å². The van der Waals surface area contributed by atoms with Crippen LogP contribution in [0.1, 0.15) is 21.1 Å². The van der Waals surface area contributed by atoms with Crippen LogP contribution in [0.2, 0.25) is 0 Å². The van der Waals surface area contributed by atoms with Crippen LogP contribution in [-0.4, -0.2) is 16.1 Å². The van der Waals surface area contributed by atoms with Crippen LogP contribution in [0.15, 0.2) is 28.5 Å². The first kappa shape index (κ1) is 12.9. The minimum Gasteiger partial charge on any atom is -0.476 e. The molecule has 1 aromatic carbocycles. The van der Waals surface area contributed by atoms with Crippen LogP contribution in [-0.2, 0) is 5.75 Å². The zero-order chi connectivity index (χ0) is 13.1. The molecule has 3 N–H and O–H groups in total. The van der Waals surface area contributed by atoms with Crippen molar-refractivity contribution in [2.24, 2.45) is 0 Å². The number of hydrogen-bond acceptors (Lipinski definition) is 5. The Kier molecular flexibility index (Phi) is 3.88. The summed E-state index contributed by atoms with van der Waals surface area (Å²) in [5.74, 6) is -0.358. The second kappa shape index (κ2) is 5.41. The van der Waals surface area contributed by atoms with Crippen LogP contribution in [0.3, 0.4) is 0 Å². The molecule has 0 amide bonds. The Morgan fingerprint density at radius 1 is 1.56 bits per heavy atom. The van der Waals surface area contributed by atoms with Crippen molar-refractivity contribution in [1.82, 2.24) is 4.98 Å². The van der Waals surface area contributed by atoms with Gasteiger partial charge in [0.2, 0.25) is 5.01 Å². The monoisotopic (exact) mass is 280 g/mol. The topological polar surface area (TPSA) is 76.2 Å². The molecule has 1 heterocycles. The Morgan fingerprint density at radius 2 is 2.33 bits per heavy atom. The molecule has 1 aromatic heterocycles. The van der Waals surface area contributed by atoms with Gasteiger partial charge in [-0.05, 0) is 24.6 Å². The third kappa shape index (κ3) is 3.02. The van der Waals surface area contributed by atoms with Gasteiger partial charge in [-0.3, -0.25) is 0 Å². The summed E-state index contributed by atoms with van der Waals surface area (Å²) in [6.07, 6.45) is 0. The van der Waals surface area contributed by atoms with Crippen molar-refractivity contribution in [3.63, 3.8) is 0 Å². The number of carboxylic acid groups (broad SMARTS) is 1. The van der Waals surface area contributed by atoms with Crippen LogP contribution in [0, 0.1) is 6.92 Å². The predicted molar refractivity (Wildman–Crippen MR) is 74.2 cm³/mol. The number of aromatic nitrogens is 1. The van der Waals surface area contributed by atoms with Crippen molar-refractivity contribution in [2.45, 2.75) is 17.6 Å². The van der Waals surface area contributed by atoms with Crippen molar-refractivity contribution in [3.8, 4) is 0 Å². The zero-order valence-corrected chi connectivity index (χ0v) is 11.3. The smallest absolute Gasteiger partial charge is 0.365 e. The Bertz CT molecular complexity index is 581. The van der Waals surface area contributed by atoms with Gasteiger partial charge in [-0.15, -0.1) is 23.1 Å². The van der Waals surface area contributed by atoms with Gasteiger partial charge in [-0.2, -0.15) is 0 Å². The number of rotatable bonds is 4. The van der Waals surface area contributed by atoms with Gasteiger partial charge in [-0.1, -0.05) is 6.07 Å². The number of nitrogen functional groups attached to an aromatic ring is 1. The van der Waals surface area contributed by atoms with Gasteiger partial charge in [0.1, 0.15) is 0 Å². The van der Waals surface area contributed by atoms with Gasteiger partial charge in [0.25, 0.3) is 0 Å². The predicted octanol–water partition coefficient (Wildman–Crippen LogP) is 3.02. The lowest BCUT2D eigenvalue weighted by Gasteiger charge is -2.05. The summed E-state index contributed by atoms with van der Waals surface area (Å²) in [5, 5.41) is 10.7. The largest absolute Gasteiger partial charge is 0.476 e. The number of carbonyl (C=O) groups is 1. The van der Waals surface area contributed by atoms with Crippen LogP contribution >= 0.6 is 23.1 Å². The van der Waals surface area contributed by atoms with Gasteiger partial charge < -0.3 is 10.8 Å². The molecule has 0 aliphatic carbocycles. The van der Waals surface area contributed by atoms with Gasteiger partial charge >= 0.3 is 5.97 Å². The van der Waals surface area contributed by atoms with Crippen molar-refractivity contribution in [1.29, 1.82) is 0 Å². The van der Waals surface area contributed by atoms with Crippen LogP contribution < -0.4 is 5.73 Å². The SMILES string of the molecule is Cc1ccc(N)c(SCc2csc(C(=O)O)n2)c1. The average Bonchev–Trinajstić information content (AvgIpc) is 2.79. The molecular weight excluding hydrogens is 268 g/mol. The fourth-order valence-electron chi connectivity index (χ4n) is 1.39. The van der Waals surface area contributed by atoms with Crippen molar-refractivity contribution in [3.05, 3.63) is 39.8 Å². The molecule has 4 nitrogen and oxygen atoms in total. The molecule has 2 rings (SSSR count). The number of aromatic carboxylic acids is 1. The van der Waals surface area contributed by atoms with E-state index >= 15 is 0 Å². The molecule has 0 unspecified atom stereocenters. The van der Waals surface area contributed by atoms with Crippen LogP contribution in [0.5, 0.6) is 0 Å². The number of anilines is 1. The van der Waals surface area contributed by atoms with Crippen molar-refractivity contribution in [2.75, 3.05) is 5.73 Å². The fraction of sp³-hybridized carbons (Fsp3) is 0.167. The van der Waals surface area contributed by atoms with Crippen LogP contribution in [0.4, 0.5) is 5.69 Å².